The largest absolute Gasteiger partial charge is 0.298 e. The first-order chi connectivity index (χ1) is 15.9. The van der Waals surface area contributed by atoms with Crippen molar-refractivity contribution in [2.45, 2.75) is 6.92 Å². The Morgan fingerprint density at radius 3 is 2.36 bits per heavy atom. The summed E-state index contributed by atoms with van der Waals surface area (Å²) in [5, 5.41) is 4.42. The van der Waals surface area contributed by atoms with E-state index in [9.17, 15) is 14.4 Å². The molecule has 0 fully saturated rings. The number of amides is 1. The molecule has 0 saturated heterocycles. The molecule has 9 heteroatoms. The van der Waals surface area contributed by atoms with Crippen molar-refractivity contribution in [1.82, 2.24) is 15.0 Å². The number of carbonyl (C=O) groups excluding carboxylic acids is 2. The van der Waals surface area contributed by atoms with Crippen molar-refractivity contribution in [1.29, 1.82) is 0 Å². The monoisotopic (exact) mass is 566 g/mol. The molecule has 0 spiro atoms. The summed E-state index contributed by atoms with van der Waals surface area (Å²) >= 11 is 6.86. The molecule has 0 aliphatic carbocycles. The summed E-state index contributed by atoms with van der Waals surface area (Å²) < 4.78 is 3.00. The second kappa shape index (κ2) is 9.60. The third kappa shape index (κ3) is 4.84. The van der Waals surface area contributed by atoms with E-state index in [1.165, 1.54) is 10.8 Å². The molecular formula is C24H16Br2N4O3. The average molecular weight is 568 g/mol. The number of aromatic nitrogens is 2. The maximum atomic E-state index is 13.2. The summed E-state index contributed by atoms with van der Waals surface area (Å²) in [7, 11) is 0. The smallest absolute Gasteiger partial charge is 0.271 e. The lowest BCUT2D eigenvalue weighted by atomic mass is 10.2. The molecule has 1 amide bonds. The molecule has 1 aromatic heterocycles. The van der Waals surface area contributed by atoms with E-state index >= 15 is 0 Å². The van der Waals surface area contributed by atoms with Crippen molar-refractivity contribution in [3.05, 3.63) is 102 Å². The second-order valence-corrected chi connectivity index (χ2v) is 8.88. The Balaban J connectivity index is 1.56. The maximum Gasteiger partial charge on any atom is 0.271 e. The topological polar surface area (TPSA) is 93.4 Å². The van der Waals surface area contributed by atoms with Crippen LogP contribution in [0.15, 0.2) is 79.5 Å². The van der Waals surface area contributed by atoms with Crippen LogP contribution in [0.25, 0.3) is 16.6 Å². The number of hydrazone groups is 1. The lowest BCUT2D eigenvalue weighted by Gasteiger charge is -2.12. The highest BCUT2D eigenvalue weighted by Crippen LogP contribution is 2.26. The molecule has 0 aliphatic heterocycles. The average Bonchev–Trinajstić information content (AvgIpc) is 2.81. The van der Waals surface area contributed by atoms with Crippen LogP contribution in [0, 0.1) is 6.92 Å². The van der Waals surface area contributed by atoms with Gasteiger partial charge in [0.05, 0.1) is 22.8 Å². The van der Waals surface area contributed by atoms with Gasteiger partial charge in [0.25, 0.3) is 11.5 Å². The third-order valence-electron chi connectivity index (χ3n) is 4.90. The Hall–Kier alpha value is -3.43. The second-order valence-electron chi connectivity index (χ2n) is 7.11. The number of hydrogen-bond acceptors (Lipinski definition) is 5. The zero-order chi connectivity index (χ0) is 23.5. The number of nitrogens with zero attached hydrogens (tertiary/aromatic N) is 3. The first kappa shape index (κ1) is 22.8. The highest BCUT2D eigenvalue weighted by Gasteiger charge is 2.13. The van der Waals surface area contributed by atoms with Gasteiger partial charge in [0.15, 0.2) is 0 Å². The van der Waals surface area contributed by atoms with Gasteiger partial charge in [0, 0.05) is 20.1 Å². The fourth-order valence-corrected chi connectivity index (χ4v) is 4.59. The first-order valence-electron chi connectivity index (χ1n) is 9.75. The zero-order valence-corrected chi connectivity index (χ0v) is 20.4. The van der Waals surface area contributed by atoms with E-state index < -0.39 is 5.91 Å². The van der Waals surface area contributed by atoms with Crippen LogP contribution in [-0.4, -0.2) is 28.0 Å². The minimum atomic E-state index is -0.393. The van der Waals surface area contributed by atoms with Crippen molar-refractivity contribution in [3.8, 4) is 5.69 Å². The highest BCUT2D eigenvalue weighted by molar-refractivity contribution is 9.11. The van der Waals surface area contributed by atoms with E-state index in [0.717, 1.165) is 20.8 Å². The van der Waals surface area contributed by atoms with Crippen molar-refractivity contribution < 1.29 is 9.59 Å². The molecule has 0 atom stereocenters. The molecule has 0 bridgehead atoms. The highest BCUT2D eigenvalue weighted by atomic mass is 79.9. The number of rotatable bonds is 5. The van der Waals surface area contributed by atoms with Gasteiger partial charge in [0.2, 0.25) is 0 Å². The Morgan fingerprint density at radius 2 is 1.70 bits per heavy atom. The number of aldehydes is 1. The Labute approximate surface area is 205 Å². The van der Waals surface area contributed by atoms with Gasteiger partial charge < -0.3 is 0 Å². The first-order valence-corrected chi connectivity index (χ1v) is 11.3. The van der Waals surface area contributed by atoms with Gasteiger partial charge >= 0.3 is 0 Å². The summed E-state index contributed by atoms with van der Waals surface area (Å²) in [6.45, 7) is 1.76. The molecule has 4 rings (SSSR count). The van der Waals surface area contributed by atoms with Gasteiger partial charge in [-0.2, -0.15) is 5.10 Å². The number of carbonyl (C=O) groups is 2. The summed E-state index contributed by atoms with van der Waals surface area (Å²) in [6.07, 6.45) is 2.24. The Bertz CT molecular complexity index is 1460. The molecule has 0 saturated carbocycles. The molecule has 1 N–H and O–H groups in total. The van der Waals surface area contributed by atoms with Gasteiger partial charge in [-0.3, -0.25) is 19.0 Å². The Kier molecular flexibility index (Phi) is 6.62. The third-order valence-corrected chi connectivity index (χ3v) is 5.96. The standard InChI is InChI=1S/C24H16Br2N4O3/c1-14-28-22-20(10-18(25)11-21(22)26)24(33)30(14)19-8-6-17(7-9-19)23(32)29-27-12-15-2-4-16(13-31)5-3-15/h2-13H,1H3,(H,29,32)/b27-12-. The van der Waals surface area contributed by atoms with E-state index in [4.69, 9.17) is 0 Å². The predicted molar refractivity (Wildman–Crippen MR) is 134 cm³/mol. The molecular weight excluding hydrogens is 552 g/mol. The van der Waals surface area contributed by atoms with Crippen LogP contribution in [0.5, 0.6) is 0 Å². The van der Waals surface area contributed by atoms with Crippen LogP contribution < -0.4 is 11.0 Å². The Morgan fingerprint density at radius 1 is 1.03 bits per heavy atom. The SMILES string of the molecule is Cc1nc2c(Br)cc(Br)cc2c(=O)n1-c1ccc(C(=O)N/N=C\c2ccc(C=O)cc2)cc1. The molecule has 0 aliphatic rings. The normalized spacial score (nSPS) is 11.1. The minimum absolute atomic E-state index is 0.207. The van der Waals surface area contributed by atoms with E-state index in [1.807, 2.05) is 6.07 Å². The lowest BCUT2D eigenvalue weighted by Crippen LogP contribution is -2.23. The molecule has 164 valence electrons. The molecule has 0 unspecified atom stereocenters. The fourth-order valence-electron chi connectivity index (χ4n) is 3.28. The molecule has 7 nitrogen and oxygen atoms in total. The molecule has 1 heterocycles. The lowest BCUT2D eigenvalue weighted by molar-refractivity contribution is 0.0955. The number of hydrogen-bond donors (Lipinski definition) is 1. The maximum absolute atomic E-state index is 13.2. The van der Waals surface area contributed by atoms with Gasteiger partial charge in [-0.25, -0.2) is 10.4 Å². The summed E-state index contributed by atoms with van der Waals surface area (Å²) in [5.41, 5.74) is 5.14. The van der Waals surface area contributed by atoms with Gasteiger partial charge in [-0.15, -0.1) is 0 Å². The number of benzene rings is 3. The van der Waals surface area contributed by atoms with Gasteiger partial charge in [-0.1, -0.05) is 40.2 Å². The molecule has 3 aromatic carbocycles. The van der Waals surface area contributed by atoms with Crippen LogP contribution in [0.2, 0.25) is 0 Å². The summed E-state index contributed by atoms with van der Waals surface area (Å²) in [5.74, 6) is 0.133. The van der Waals surface area contributed by atoms with Crippen LogP contribution >= 0.6 is 31.9 Å². The molecule has 4 aromatic rings. The predicted octanol–water partition coefficient (Wildman–Crippen LogP) is 4.80. The fraction of sp³-hybridized carbons (Fsp3) is 0.0417. The van der Waals surface area contributed by atoms with E-state index in [2.05, 4.69) is 47.4 Å². The van der Waals surface area contributed by atoms with Crippen molar-refractivity contribution >= 4 is 61.2 Å². The number of aryl methyl sites for hydroxylation is 1. The van der Waals surface area contributed by atoms with Crippen molar-refractivity contribution in [2.24, 2.45) is 5.10 Å². The van der Waals surface area contributed by atoms with Crippen LogP contribution in [0.4, 0.5) is 0 Å². The van der Waals surface area contributed by atoms with E-state index in [-0.39, 0.29) is 5.56 Å². The van der Waals surface area contributed by atoms with Crippen molar-refractivity contribution in [3.63, 3.8) is 0 Å². The summed E-state index contributed by atoms with van der Waals surface area (Å²) in [6, 6.07) is 17.0. The number of fused-ring (bicyclic) bond motifs is 1. The molecule has 33 heavy (non-hydrogen) atoms. The zero-order valence-electron chi connectivity index (χ0n) is 17.3. The quantitative estimate of drug-likeness (QED) is 0.213. The van der Waals surface area contributed by atoms with Crippen LogP contribution in [0.1, 0.15) is 32.1 Å². The minimum Gasteiger partial charge on any atom is -0.298 e. The van der Waals surface area contributed by atoms with Gasteiger partial charge in [0.1, 0.15) is 12.1 Å². The number of nitrogens with one attached hydrogen (secondary N) is 1. The summed E-state index contributed by atoms with van der Waals surface area (Å²) in [4.78, 5) is 40.8. The van der Waals surface area contributed by atoms with Crippen molar-refractivity contribution in [2.75, 3.05) is 0 Å². The van der Waals surface area contributed by atoms with Gasteiger partial charge in [-0.05, 0) is 64.8 Å². The van der Waals surface area contributed by atoms with E-state index in [1.54, 1.807) is 61.5 Å². The van der Waals surface area contributed by atoms with Crippen LogP contribution in [0.3, 0.4) is 0 Å². The van der Waals surface area contributed by atoms with Crippen LogP contribution in [-0.2, 0) is 0 Å². The van der Waals surface area contributed by atoms with E-state index in [0.29, 0.717) is 33.5 Å². The number of halogens is 2. The molecule has 0 radical (unpaired) electrons.